The van der Waals surface area contributed by atoms with Crippen LogP contribution in [0.2, 0.25) is 0 Å². The highest BCUT2D eigenvalue weighted by Gasteiger charge is 2.17. The molecule has 0 aromatic carbocycles. The summed E-state index contributed by atoms with van der Waals surface area (Å²) >= 11 is 3.03. The first kappa shape index (κ1) is 14.2. The topological polar surface area (TPSA) is 83.6 Å². The van der Waals surface area contributed by atoms with Crippen LogP contribution in [0.4, 0.5) is 5.69 Å². The third-order valence-electron chi connectivity index (χ3n) is 2.73. The number of ether oxygens (including phenoxy) is 2. The highest BCUT2D eigenvalue weighted by molar-refractivity contribution is 9.10. The molecule has 2 heterocycles. The predicted octanol–water partition coefficient (Wildman–Crippen LogP) is 1.67. The second-order valence-electron chi connectivity index (χ2n) is 4.13. The highest BCUT2D eigenvalue weighted by atomic mass is 79.9. The number of aromatic nitrogens is 1. The van der Waals surface area contributed by atoms with Gasteiger partial charge in [0, 0.05) is 19.2 Å². The molecular formula is C11H13BrN2O5. The van der Waals surface area contributed by atoms with E-state index in [1.165, 1.54) is 12.4 Å². The number of halogens is 1. The van der Waals surface area contributed by atoms with Crippen LogP contribution >= 0.6 is 15.9 Å². The van der Waals surface area contributed by atoms with Crippen molar-refractivity contribution in [3.05, 3.63) is 37.2 Å². The molecule has 1 aliphatic rings. The van der Waals surface area contributed by atoms with Crippen molar-refractivity contribution in [1.29, 1.82) is 0 Å². The fourth-order valence-corrected chi connectivity index (χ4v) is 2.26. The molecule has 0 aliphatic carbocycles. The molecule has 0 atom stereocenters. The summed E-state index contributed by atoms with van der Waals surface area (Å²) in [7, 11) is 0. The van der Waals surface area contributed by atoms with Gasteiger partial charge in [0.15, 0.2) is 6.29 Å². The van der Waals surface area contributed by atoms with E-state index in [9.17, 15) is 14.9 Å². The van der Waals surface area contributed by atoms with Crippen molar-refractivity contribution in [3.8, 4) is 0 Å². The van der Waals surface area contributed by atoms with E-state index in [-0.39, 0.29) is 10.8 Å². The van der Waals surface area contributed by atoms with Crippen LogP contribution in [-0.2, 0) is 16.0 Å². The Morgan fingerprint density at radius 1 is 1.42 bits per heavy atom. The molecule has 104 valence electrons. The Morgan fingerprint density at radius 3 is 2.74 bits per heavy atom. The monoisotopic (exact) mass is 332 g/mol. The molecule has 8 heteroatoms. The lowest BCUT2D eigenvalue weighted by Crippen LogP contribution is -2.26. The molecular weight excluding hydrogens is 320 g/mol. The van der Waals surface area contributed by atoms with Crippen LogP contribution in [0.5, 0.6) is 0 Å². The minimum absolute atomic E-state index is 0.173. The fourth-order valence-electron chi connectivity index (χ4n) is 1.80. The summed E-state index contributed by atoms with van der Waals surface area (Å²) in [6.45, 7) is 1.81. The molecule has 0 amide bonds. The standard InChI is InChI=1S/C11H13BrN2O5/c12-8-6-13(7-9(11(8)15)14(16)17)3-2-10-18-4-1-5-19-10/h6-7,10H,1-5H2. The van der Waals surface area contributed by atoms with Crippen molar-refractivity contribution in [2.24, 2.45) is 0 Å². The zero-order valence-corrected chi connectivity index (χ0v) is 11.7. The van der Waals surface area contributed by atoms with Gasteiger partial charge in [-0.1, -0.05) is 0 Å². The molecule has 1 saturated heterocycles. The third kappa shape index (κ3) is 3.62. The second-order valence-corrected chi connectivity index (χ2v) is 4.98. The van der Waals surface area contributed by atoms with Gasteiger partial charge in [-0.15, -0.1) is 0 Å². The minimum atomic E-state index is -0.683. The van der Waals surface area contributed by atoms with Crippen molar-refractivity contribution in [1.82, 2.24) is 4.57 Å². The summed E-state index contributed by atoms with van der Waals surface area (Å²) in [6, 6.07) is 0. The molecule has 2 rings (SSSR count). The quantitative estimate of drug-likeness (QED) is 0.618. The zero-order valence-electron chi connectivity index (χ0n) is 10.1. The van der Waals surface area contributed by atoms with Crippen molar-refractivity contribution >= 4 is 21.6 Å². The number of rotatable bonds is 4. The fraction of sp³-hybridized carbons (Fsp3) is 0.545. The zero-order chi connectivity index (χ0) is 13.8. The lowest BCUT2D eigenvalue weighted by molar-refractivity contribution is -0.386. The first-order valence-electron chi connectivity index (χ1n) is 5.85. The Hall–Kier alpha value is -1.25. The molecule has 0 bridgehead atoms. The molecule has 1 aromatic heterocycles. The number of hydrogen-bond acceptors (Lipinski definition) is 5. The number of nitro groups is 1. The maximum atomic E-state index is 11.5. The SMILES string of the molecule is O=c1c(Br)cn(CCC2OCCCO2)cc1[N+](=O)[O-]. The van der Waals surface area contributed by atoms with Crippen LogP contribution in [0.25, 0.3) is 0 Å². The minimum Gasteiger partial charge on any atom is -0.353 e. The largest absolute Gasteiger partial charge is 0.353 e. The van der Waals surface area contributed by atoms with Gasteiger partial charge in [-0.25, -0.2) is 0 Å². The first-order chi connectivity index (χ1) is 9.08. The van der Waals surface area contributed by atoms with E-state index in [0.717, 1.165) is 6.42 Å². The van der Waals surface area contributed by atoms with Gasteiger partial charge in [0.1, 0.15) is 0 Å². The lowest BCUT2D eigenvalue weighted by Gasteiger charge is -2.23. The van der Waals surface area contributed by atoms with Crippen LogP contribution in [-0.4, -0.2) is 29.0 Å². The van der Waals surface area contributed by atoms with Gasteiger partial charge in [0.05, 0.1) is 28.8 Å². The number of nitrogens with zero attached hydrogens (tertiary/aromatic N) is 2. The number of pyridine rings is 1. The van der Waals surface area contributed by atoms with Crippen molar-refractivity contribution in [2.45, 2.75) is 25.7 Å². The summed E-state index contributed by atoms with van der Waals surface area (Å²) in [4.78, 5) is 21.6. The molecule has 1 aromatic rings. The summed E-state index contributed by atoms with van der Waals surface area (Å²) in [5.41, 5.74) is -1.06. The number of hydrogen-bond donors (Lipinski definition) is 0. The highest BCUT2D eigenvalue weighted by Crippen LogP contribution is 2.14. The van der Waals surface area contributed by atoms with Crippen LogP contribution in [0, 0.1) is 10.1 Å². The molecule has 0 radical (unpaired) electrons. The van der Waals surface area contributed by atoms with E-state index in [1.54, 1.807) is 4.57 Å². The van der Waals surface area contributed by atoms with E-state index >= 15 is 0 Å². The Kier molecular flexibility index (Phi) is 4.67. The summed E-state index contributed by atoms with van der Waals surface area (Å²) in [5.74, 6) is 0. The van der Waals surface area contributed by atoms with Gasteiger partial charge in [0.2, 0.25) is 0 Å². The van der Waals surface area contributed by atoms with Gasteiger partial charge in [-0.05, 0) is 22.4 Å². The van der Waals surface area contributed by atoms with E-state index in [1.807, 2.05) is 0 Å². The van der Waals surface area contributed by atoms with Crippen LogP contribution in [0.3, 0.4) is 0 Å². The molecule has 1 fully saturated rings. The third-order valence-corrected chi connectivity index (χ3v) is 3.30. The molecule has 19 heavy (non-hydrogen) atoms. The summed E-state index contributed by atoms with van der Waals surface area (Å²) in [6.07, 6.45) is 3.93. The Labute approximate surface area is 117 Å². The van der Waals surface area contributed by atoms with Gasteiger partial charge in [-0.2, -0.15) is 0 Å². The maximum absolute atomic E-state index is 11.5. The molecule has 0 saturated carbocycles. The number of aryl methyl sites for hydroxylation is 1. The first-order valence-corrected chi connectivity index (χ1v) is 6.64. The van der Waals surface area contributed by atoms with E-state index in [0.29, 0.717) is 26.2 Å². The molecule has 0 unspecified atom stereocenters. The molecule has 0 spiro atoms. The van der Waals surface area contributed by atoms with Crippen molar-refractivity contribution < 1.29 is 14.4 Å². The van der Waals surface area contributed by atoms with Gasteiger partial charge in [-0.3, -0.25) is 14.9 Å². The van der Waals surface area contributed by atoms with E-state index in [4.69, 9.17) is 9.47 Å². The van der Waals surface area contributed by atoms with Gasteiger partial charge in [0.25, 0.3) is 5.43 Å². The van der Waals surface area contributed by atoms with Crippen molar-refractivity contribution in [2.75, 3.05) is 13.2 Å². The predicted molar refractivity (Wildman–Crippen MR) is 70.0 cm³/mol. The smallest absolute Gasteiger partial charge is 0.333 e. The molecule has 1 aliphatic heterocycles. The van der Waals surface area contributed by atoms with Gasteiger partial charge < -0.3 is 14.0 Å². The van der Waals surface area contributed by atoms with Gasteiger partial charge >= 0.3 is 5.69 Å². The summed E-state index contributed by atoms with van der Waals surface area (Å²) in [5, 5.41) is 10.8. The molecule has 7 nitrogen and oxygen atoms in total. The molecule has 0 N–H and O–H groups in total. The van der Waals surface area contributed by atoms with E-state index < -0.39 is 16.0 Å². The Bertz CT molecular complexity index is 524. The maximum Gasteiger partial charge on any atom is 0.333 e. The second kappa shape index (κ2) is 6.27. The van der Waals surface area contributed by atoms with E-state index in [2.05, 4.69) is 15.9 Å². The van der Waals surface area contributed by atoms with Crippen molar-refractivity contribution in [3.63, 3.8) is 0 Å². The van der Waals surface area contributed by atoms with Crippen LogP contribution in [0.1, 0.15) is 12.8 Å². The normalized spacial score (nSPS) is 16.5. The average molecular weight is 333 g/mol. The lowest BCUT2D eigenvalue weighted by atomic mass is 10.3. The average Bonchev–Trinajstić information content (AvgIpc) is 2.41. The summed E-state index contributed by atoms with van der Waals surface area (Å²) < 4.78 is 12.5. The van der Waals surface area contributed by atoms with Crippen LogP contribution < -0.4 is 5.43 Å². The Balaban J connectivity index is 2.07. The Morgan fingerprint density at radius 2 is 2.11 bits per heavy atom. The van der Waals surface area contributed by atoms with Crippen LogP contribution in [0.15, 0.2) is 21.7 Å².